The van der Waals surface area contributed by atoms with Crippen LogP contribution in [0.15, 0.2) is 72.8 Å². The van der Waals surface area contributed by atoms with Crippen LogP contribution in [0.4, 0.5) is 0 Å². The maximum atomic E-state index is 14.4. The molecule has 1 fully saturated rings. The molecular weight excluding hydrogens is 559 g/mol. The summed E-state index contributed by atoms with van der Waals surface area (Å²) in [5.74, 6) is -1.48. The summed E-state index contributed by atoms with van der Waals surface area (Å²) in [7, 11) is 0. The van der Waals surface area contributed by atoms with Crippen molar-refractivity contribution < 1.29 is 19.4 Å². The van der Waals surface area contributed by atoms with Crippen molar-refractivity contribution in [3.05, 3.63) is 105 Å². The van der Waals surface area contributed by atoms with Crippen LogP contribution in [0.25, 0.3) is 0 Å². The Labute approximate surface area is 251 Å². The summed E-state index contributed by atoms with van der Waals surface area (Å²) in [6, 6.07) is 21.7. The van der Waals surface area contributed by atoms with E-state index in [1.54, 1.807) is 25.1 Å². The number of nitrogens with zero attached hydrogens (tertiary/aromatic N) is 1. The van der Waals surface area contributed by atoms with E-state index in [0.29, 0.717) is 40.6 Å². The van der Waals surface area contributed by atoms with Crippen molar-refractivity contribution in [2.45, 2.75) is 63.3 Å². The summed E-state index contributed by atoms with van der Waals surface area (Å²) in [5, 5.41) is 16.0. The molecule has 1 heterocycles. The van der Waals surface area contributed by atoms with E-state index >= 15 is 0 Å². The van der Waals surface area contributed by atoms with Crippen molar-refractivity contribution in [3.63, 3.8) is 0 Å². The van der Waals surface area contributed by atoms with Gasteiger partial charge in [-0.05, 0) is 61.1 Å². The number of carbonyl (C=O) groups is 2. The van der Waals surface area contributed by atoms with Gasteiger partial charge in [-0.15, -0.1) is 0 Å². The Bertz CT molecular complexity index is 1370. The number of ether oxygens (including phenoxy) is 1. The molecule has 0 bridgehead atoms. The van der Waals surface area contributed by atoms with Crippen molar-refractivity contribution in [1.82, 2.24) is 10.2 Å². The maximum absolute atomic E-state index is 14.4. The normalized spacial score (nSPS) is 23.1. The third kappa shape index (κ3) is 6.31. The molecule has 216 valence electrons. The molecular formula is C33H36Cl2N2O4. The summed E-state index contributed by atoms with van der Waals surface area (Å²) >= 11 is 13.1. The van der Waals surface area contributed by atoms with Crippen LogP contribution in [0.2, 0.25) is 10.0 Å². The first-order valence-electron chi connectivity index (χ1n) is 14.4. The quantitative estimate of drug-likeness (QED) is 0.217. The second-order valence-corrected chi connectivity index (χ2v) is 11.6. The first-order chi connectivity index (χ1) is 19.9. The van der Waals surface area contributed by atoms with Crippen molar-refractivity contribution >= 4 is 35.1 Å². The summed E-state index contributed by atoms with van der Waals surface area (Å²) in [4.78, 5) is 29.4. The molecule has 5 rings (SSSR count). The first-order valence-corrected chi connectivity index (χ1v) is 15.1. The van der Waals surface area contributed by atoms with Crippen molar-refractivity contribution in [3.8, 4) is 0 Å². The molecule has 1 aliphatic heterocycles. The maximum Gasteiger partial charge on any atom is 0.311 e. The summed E-state index contributed by atoms with van der Waals surface area (Å²) in [6.07, 6.45) is 2.79. The van der Waals surface area contributed by atoms with E-state index < -0.39 is 30.1 Å². The third-order valence-electron chi connectivity index (χ3n) is 8.33. The van der Waals surface area contributed by atoms with E-state index in [0.717, 1.165) is 30.4 Å². The minimum Gasteiger partial charge on any atom is -0.466 e. The molecule has 0 aromatic heterocycles. The molecule has 0 spiro atoms. The number of amides is 1. The van der Waals surface area contributed by atoms with Crippen LogP contribution < -0.4 is 5.32 Å². The highest BCUT2D eigenvalue weighted by Gasteiger charge is 2.50. The van der Waals surface area contributed by atoms with Gasteiger partial charge in [-0.3, -0.25) is 14.9 Å². The van der Waals surface area contributed by atoms with Gasteiger partial charge in [0.2, 0.25) is 0 Å². The molecule has 5 unspecified atom stereocenters. The average molecular weight is 596 g/mol. The molecule has 2 N–H and O–H groups in total. The van der Waals surface area contributed by atoms with Gasteiger partial charge in [-0.1, -0.05) is 90.6 Å². The molecule has 1 saturated carbocycles. The lowest BCUT2D eigenvalue weighted by molar-refractivity contribution is -0.152. The number of esters is 1. The van der Waals surface area contributed by atoms with Gasteiger partial charge < -0.3 is 14.7 Å². The van der Waals surface area contributed by atoms with Crippen LogP contribution in [0, 0.1) is 5.92 Å². The standard InChI is InChI=1S/C33H36Cl2N2O4/c1-2-41-33(40)26-14-8-9-15-28(26)37-30(25-17-16-22(34)20-27(25)35)29(23-12-6-7-13-24(23)32(37)39)31(38)36-19-18-21-10-4-3-5-11-21/h3-7,10-13,16-17,20,26,28-31,36,38H,2,8-9,14-15,18-19H2,1H3. The number of nitrogens with one attached hydrogen (secondary N) is 1. The van der Waals surface area contributed by atoms with Crippen LogP contribution in [0.1, 0.15) is 71.6 Å². The van der Waals surface area contributed by atoms with E-state index in [9.17, 15) is 14.7 Å². The second kappa shape index (κ2) is 13.4. The van der Waals surface area contributed by atoms with Crippen LogP contribution >= 0.6 is 23.2 Å². The van der Waals surface area contributed by atoms with Crippen LogP contribution in [0.3, 0.4) is 0 Å². The fourth-order valence-electron chi connectivity index (χ4n) is 6.48. The zero-order chi connectivity index (χ0) is 28.9. The van der Waals surface area contributed by atoms with Crippen molar-refractivity contribution in [1.29, 1.82) is 0 Å². The van der Waals surface area contributed by atoms with Gasteiger partial charge >= 0.3 is 5.97 Å². The molecule has 1 amide bonds. The van der Waals surface area contributed by atoms with E-state index in [1.807, 2.05) is 47.4 Å². The number of aliphatic hydroxyl groups is 1. The number of aliphatic hydroxyl groups excluding tert-OH is 1. The van der Waals surface area contributed by atoms with Gasteiger partial charge in [-0.25, -0.2) is 0 Å². The molecule has 3 aromatic rings. The summed E-state index contributed by atoms with van der Waals surface area (Å²) < 4.78 is 5.47. The zero-order valence-electron chi connectivity index (χ0n) is 23.1. The monoisotopic (exact) mass is 594 g/mol. The highest BCUT2D eigenvalue weighted by Crippen LogP contribution is 2.49. The Morgan fingerprint density at radius 3 is 2.51 bits per heavy atom. The Kier molecular flexibility index (Phi) is 9.66. The number of halogens is 2. The van der Waals surface area contributed by atoms with E-state index in [2.05, 4.69) is 17.4 Å². The molecule has 2 aliphatic rings. The number of carbonyl (C=O) groups excluding carboxylic acids is 2. The smallest absolute Gasteiger partial charge is 0.311 e. The highest BCUT2D eigenvalue weighted by molar-refractivity contribution is 6.35. The SMILES string of the molecule is CCOC(=O)C1CCCCC1N1C(=O)c2ccccc2C(C(O)NCCc2ccccc2)C1c1ccc(Cl)cc1Cl. The van der Waals surface area contributed by atoms with Crippen molar-refractivity contribution in [2.24, 2.45) is 5.92 Å². The molecule has 3 aromatic carbocycles. The molecule has 0 radical (unpaired) electrons. The lowest BCUT2D eigenvalue weighted by Gasteiger charge is -2.50. The van der Waals surface area contributed by atoms with Gasteiger partial charge in [0, 0.05) is 34.1 Å². The second-order valence-electron chi connectivity index (χ2n) is 10.8. The number of fused-ring (bicyclic) bond motifs is 1. The molecule has 41 heavy (non-hydrogen) atoms. The van der Waals surface area contributed by atoms with Crippen molar-refractivity contribution in [2.75, 3.05) is 13.2 Å². The van der Waals surface area contributed by atoms with Gasteiger partial charge in [0.25, 0.3) is 5.91 Å². The molecule has 0 saturated heterocycles. The first kappa shape index (κ1) is 29.6. The average Bonchev–Trinajstić information content (AvgIpc) is 2.98. The molecule has 8 heteroatoms. The highest BCUT2D eigenvalue weighted by atomic mass is 35.5. The Morgan fingerprint density at radius 2 is 1.76 bits per heavy atom. The number of hydrogen-bond donors (Lipinski definition) is 2. The predicted molar refractivity (Wildman–Crippen MR) is 161 cm³/mol. The minimum absolute atomic E-state index is 0.175. The van der Waals surface area contributed by atoms with Gasteiger partial charge in [0.15, 0.2) is 0 Å². The third-order valence-corrected chi connectivity index (χ3v) is 8.89. The lowest BCUT2D eigenvalue weighted by Crippen LogP contribution is -2.56. The number of rotatable bonds is 9. The lowest BCUT2D eigenvalue weighted by atomic mass is 9.74. The van der Waals surface area contributed by atoms with E-state index in [-0.39, 0.29) is 18.5 Å². The molecule has 5 atom stereocenters. The fraction of sp³-hybridized carbons (Fsp3) is 0.394. The minimum atomic E-state index is -1.00. The number of benzene rings is 3. The van der Waals surface area contributed by atoms with Gasteiger partial charge in [-0.2, -0.15) is 0 Å². The van der Waals surface area contributed by atoms with Gasteiger partial charge in [0.05, 0.1) is 18.6 Å². The number of hydrogen-bond acceptors (Lipinski definition) is 5. The van der Waals surface area contributed by atoms with E-state index in [4.69, 9.17) is 27.9 Å². The largest absolute Gasteiger partial charge is 0.466 e. The van der Waals surface area contributed by atoms with Gasteiger partial charge in [0.1, 0.15) is 6.23 Å². The summed E-state index contributed by atoms with van der Waals surface area (Å²) in [6.45, 7) is 2.60. The van der Waals surface area contributed by atoms with E-state index in [1.165, 1.54) is 0 Å². The topological polar surface area (TPSA) is 78.9 Å². The Hall–Kier alpha value is -2.90. The molecule has 1 aliphatic carbocycles. The van der Waals surface area contributed by atoms with Crippen LogP contribution in [-0.4, -0.2) is 47.3 Å². The Morgan fingerprint density at radius 1 is 1.02 bits per heavy atom. The summed E-state index contributed by atoms with van der Waals surface area (Å²) in [5.41, 5.74) is 3.11. The Balaban J connectivity index is 1.59. The molecule has 6 nitrogen and oxygen atoms in total. The van der Waals surface area contributed by atoms with Crippen LogP contribution in [0.5, 0.6) is 0 Å². The zero-order valence-corrected chi connectivity index (χ0v) is 24.7. The predicted octanol–water partition coefficient (Wildman–Crippen LogP) is 6.55. The van der Waals surface area contributed by atoms with Crippen LogP contribution in [-0.2, 0) is 16.0 Å². The fourth-order valence-corrected chi connectivity index (χ4v) is 7.00.